The molecule has 0 bridgehead atoms. The lowest BCUT2D eigenvalue weighted by Gasteiger charge is -2.46. The molecule has 1 heterocycles. The van der Waals surface area contributed by atoms with Gasteiger partial charge in [0.05, 0.1) is 16.3 Å². The number of nitrogens with zero attached hydrogens (tertiary/aromatic N) is 1. The summed E-state index contributed by atoms with van der Waals surface area (Å²) in [7, 11) is 3.15. The summed E-state index contributed by atoms with van der Waals surface area (Å²) in [5.74, 6) is -3.96. The third-order valence-corrected chi connectivity index (χ3v) is 7.91. The maximum atomic E-state index is 13.9. The van der Waals surface area contributed by atoms with E-state index in [-0.39, 0.29) is 22.6 Å². The largest absolute Gasteiger partial charge is 0.503 e. The van der Waals surface area contributed by atoms with Crippen LogP contribution in [0.15, 0.2) is 29.2 Å². The summed E-state index contributed by atoms with van der Waals surface area (Å²) in [6.07, 6.45) is 1.95. The molecule has 10 nitrogen and oxygen atoms in total. The Morgan fingerprint density at radius 1 is 1.30 bits per heavy atom. The standard InChI is InChI=1S/C25H27Cl2F2N5O5S/c1-32-25(7-5-14(6-8-25)39-24(38)21(26)27)34(2)23(37)18-20(36)19(35)15(11-33-18)22(31)40-17(30)9-12-3-4-13(28)10-16(12)29/h3-4,10-11,14,21,30-32,36H,5-9H2,1-2H3,(H,33,35). The van der Waals surface area contributed by atoms with E-state index in [0.717, 1.165) is 12.3 Å². The fourth-order valence-electron chi connectivity index (χ4n) is 4.42. The lowest BCUT2D eigenvalue weighted by molar-refractivity contribution is -0.150. The zero-order chi connectivity index (χ0) is 29.8. The molecule has 1 aromatic carbocycles. The lowest BCUT2D eigenvalue weighted by atomic mass is 9.85. The Labute approximate surface area is 242 Å². The van der Waals surface area contributed by atoms with Crippen LogP contribution in [0.5, 0.6) is 5.75 Å². The van der Waals surface area contributed by atoms with Crippen molar-refractivity contribution >= 4 is 56.9 Å². The zero-order valence-corrected chi connectivity index (χ0v) is 23.8. The number of esters is 1. The third-order valence-electron chi connectivity index (χ3n) is 6.74. The Balaban J connectivity index is 1.71. The molecule has 0 aliphatic heterocycles. The Morgan fingerprint density at radius 2 is 1.95 bits per heavy atom. The number of carbonyl (C=O) groups excluding carboxylic acids is 2. The second-order valence-corrected chi connectivity index (χ2v) is 11.3. The number of hydrogen-bond acceptors (Lipinski definition) is 9. The van der Waals surface area contributed by atoms with E-state index in [1.165, 1.54) is 18.0 Å². The number of thioether (sulfide) groups is 1. The van der Waals surface area contributed by atoms with Crippen molar-refractivity contribution in [3.8, 4) is 5.75 Å². The molecule has 5 N–H and O–H groups in total. The van der Waals surface area contributed by atoms with Crippen molar-refractivity contribution in [3.63, 3.8) is 0 Å². The van der Waals surface area contributed by atoms with Crippen molar-refractivity contribution in [1.82, 2.24) is 15.2 Å². The first kappa shape index (κ1) is 31.5. The molecule has 1 aromatic heterocycles. The topological polar surface area (TPSA) is 159 Å². The van der Waals surface area contributed by atoms with Crippen LogP contribution in [-0.4, -0.2) is 67.7 Å². The van der Waals surface area contributed by atoms with Crippen LogP contribution in [0.2, 0.25) is 0 Å². The SMILES string of the molecule is CNC1(N(C)C(=O)c2[nH]cc(C(=N)SC(=N)Cc3ccc(F)cc3F)c(=O)c2O)CCC(OC(=O)C(Cl)Cl)CC1. The van der Waals surface area contributed by atoms with Crippen LogP contribution in [0.3, 0.4) is 0 Å². The summed E-state index contributed by atoms with van der Waals surface area (Å²) in [6.45, 7) is 0. The molecule has 2 aromatic rings. The van der Waals surface area contributed by atoms with Gasteiger partial charge in [-0.25, -0.2) is 13.6 Å². The van der Waals surface area contributed by atoms with Crippen LogP contribution in [-0.2, 0) is 16.0 Å². The van der Waals surface area contributed by atoms with Gasteiger partial charge in [-0.05, 0) is 44.4 Å². The number of hydrogen-bond donors (Lipinski definition) is 5. The van der Waals surface area contributed by atoms with E-state index >= 15 is 0 Å². The van der Waals surface area contributed by atoms with E-state index in [1.807, 2.05) is 0 Å². The number of carbonyl (C=O) groups is 2. The fourth-order valence-corrected chi connectivity index (χ4v) is 5.26. The molecule has 0 unspecified atom stereocenters. The summed E-state index contributed by atoms with van der Waals surface area (Å²) in [5, 5.41) is 29.4. The number of rotatable bonds is 8. The molecule has 216 valence electrons. The van der Waals surface area contributed by atoms with Crippen molar-refractivity contribution < 1.29 is 28.2 Å². The molecule has 1 aliphatic carbocycles. The maximum absolute atomic E-state index is 13.9. The van der Waals surface area contributed by atoms with Gasteiger partial charge < -0.3 is 19.7 Å². The van der Waals surface area contributed by atoms with Gasteiger partial charge in [0.2, 0.25) is 10.3 Å². The van der Waals surface area contributed by atoms with Crippen LogP contribution < -0.4 is 10.7 Å². The highest BCUT2D eigenvalue weighted by Crippen LogP contribution is 2.34. The molecule has 0 radical (unpaired) electrons. The van der Waals surface area contributed by atoms with Gasteiger partial charge in [0, 0.05) is 25.7 Å². The van der Waals surface area contributed by atoms with E-state index < -0.39 is 62.0 Å². The van der Waals surface area contributed by atoms with Crippen LogP contribution in [0.1, 0.15) is 47.3 Å². The minimum absolute atomic E-state index is 0.0420. The van der Waals surface area contributed by atoms with Gasteiger partial charge in [0.25, 0.3) is 5.91 Å². The van der Waals surface area contributed by atoms with Gasteiger partial charge in [-0.3, -0.25) is 25.7 Å². The van der Waals surface area contributed by atoms with E-state index in [0.29, 0.717) is 43.5 Å². The van der Waals surface area contributed by atoms with Gasteiger partial charge in [-0.1, -0.05) is 41.0 Å². The minimum Gasteiger partial charge on any atom is -0.503 e. The first-order chi connectivity index (χ1) is 18.8. The highest BCUT2D eigenvalue weighted by Gasteiger charge is 2.42. The normalized spacial score (nSPS) is 18.8. The van der Waals surface area contributed by atoms with Crippen LogP contribution in [0.4, 0.5) is 8.78 Å². The minimum atomic E-state index is -1.30. The van der Waals surface area contributed by atoms with Crippen molar-refractivity contribution in [2.75, 3.05) is 14.1 Å². The summed E-state index contributed by atoms with van der Waals surface area (Å²) < 4.78 is 32.3. The number of alkyl halides is 2. The van der Waals surface area contributed by atoms with E-state index in [4.69, 9.17) is 38.8 Å². The average Bonchev–Trinajstić information content (AvgIpc) is 2.91. The number of nitrogens with one attached hydrogen (secondary N) is 4. The number of halogens is 4. The Bertz CT molecular complexity index is 1380. The highest BCUT2D eigenvalue weighted by molar-refractivity contribution is 8.26. The van der Waals surface area contributed by atoms with Gasteiger partial charge >= 0.3 is 5.97 Å². The summed E-state index contributed by atoms with van der Waals surface area (Å²) in [5.41, 5.74) is -2.53. The molecule has 15 heteroatoms. The molecule has 0 spiro atoms. The van der Waals surface area contributed by atoms with Gasteiger partial charge in [0.15, 0.2) is 11.4 Å². The molecule has 1 aliphatic rings. The van der Waals surface area contributed by atoms with E-state index in [2.05, 4.69) is 10.3 Å². The Kier molecular flexibility index (Phi) is 10.3. The zero-order valence-electron chi connectivity index (χ0n) is 21.4. The molecule has 0 atom stereocenters. The summed E-state index contributed by atoms with van der Waals surface area (Å²) in [4.78, 5) is 40.5. The van der Waals surface area contributed by atoms with Crippen molar-refractivity contribution in [2.45, 2.75) is 48.7 Å². The van der Waals surface area contributed by atoms with Crippen molar-refractivity contribution in [2.24, 2.45) is 0 Å². The molecule has 3 rings (SSSR count). The van der Waals surface area contributed by atoms with Crippen LogP contribution in [0.25, 0.3) is 0 Å². The van der Waals surface area contributed by atoms with E-state index in [9.17, 15) is 28.3 Å². The Morgan fingerprint density at radius 3 is 2.52 bits per heavy atom. The highest BCUT2D eigenvalue weighted by atomic mass is 35.5. The smallest absolute Gasteiger partial charge is 0.339 e. The maximum Gasteiger partial charge on any atom is 0.339 e. The van der Waals surface area contributed by atoms with E-state index in [1.54, 1.807) is 7.05 Å². The third kappa shape index (κ3) is 7.00. The molecule has 40 heavy (non-hydrogen) atoms. The van der Waals surface area contributed by atoms with Gasteiger partial charge in [-0.15, -0.1) is 0 Å². The summed E-state index contributed by atoms with van der Waals surface area (Å²) >= 11 is 11.6. The van der Waals surface area contributed by atoms with Crippen molar-refractivity contribution in [1.29, 1.82) is 10.8 Å². The van der Waals surface area contributed by atoms with Gasteiger partial charge in [0.1, 0.15) is 22.8 Å². The predicted octanol–water partition coefficient (Wildman–Crippen LogP) is 3.91. The second kappa shape index (κ2) is 13.1. The predicted molar refractivity (Wildman–Crippen MR) is 149 cm³/mol. The monoisotopic (exact) mass is 617 g/mol. The molecular formula is C25H27Cl2F2N5O5S. The molecule has 1 amide bonds. The molecule has 1 fully saturated rings. The quantitative estimate of drug-likeness (QED) is 0.0986. The fraction of sp³-hybridized carbons (Fsp3) is 0.400. The number of aromatic hydroxyl groups is 1. The number of aromatic amines is 1. The number of amides is 1. The first-order valence-corrected chi connectivity index (χ1v) is 13.7. The molecule has 0 saturated heterocycles. The van der Waals surface area contributed by atoms with Gasteiger partial charge in [-0.2, -0.15) is 0 Å². The number of ether oxygens (including phenoxy) is 1. The number of benzene rings is 1. The molecular weight excluding hydrogens is 591 g/mol. The van der Waals surface area contributed by atoms with Crippen molar-refractivity contribution in [3.05, 3.63) is 63.1 Å². The Hall–Kier alpha value is -3.00. The second-order valence-electron chi connectivity index (χ2n) is 9.10. The number of pyridine rings is 1. The van der Waals surface area contributed by atoms with Crippen LogP contribution in [0, 0.1) is 22.5 Å². The van der Waals surface area contributed by atoms with Crippen LogP contribution >= 0.6 is 35.0 Å². The summed E-state index contributed by atoms with van der Waals surface area (Å²) in [6, 6.07) is 2.92. The molecule has 1 saturated carbocycles. The average molecular weight is 618 g/mol. The number of H-pyrrole nitrogens is 1. The lowest BCUT2D eigenvalue weighted by Crippen LogP contribution is -2.60. The first-order valence-electron chi connectivity index (χ1n) is 12.0. The number of aromatic nitrogens is 1.